The Labute approximate surface area is 132 Å². The van der Waals surface area contributed by atoms with Gasteiger partial charge in [-0.1, -0.05) is 41.4 Å². The fourth-order valence-corrected chi connectivity index (χ4v) is 2.52. The second kappa shape index (κ2) is 6.33. The van der Waals surface area contributed by atoms with Crippen LogP contribution < -0.4 is 5.32 Å². The molecule has 1 N–H and O–H groups in total. The van der Waals surface area contributed by atoms with Gasteiger partial charge in [-0.25, -0.2) is 0 Å². The summed E-state index contributed by atoms with van der Waals surface area (Å²) in [6, 6.07) is 10.0. The van der Waals surface area contributed by atoms with Crippen LogP contribution in [0.1, 0.15) is 24.1 Å². The zero-order valence-corrected chi connectivity index (χ0v) is 13.1. The van der Waals surface area contributed by atoms with Crippen LogP contribution in [-0.4, -0.2) is 4.92 Å². The van der Waals surface area contributed by atoms with Crippen LogP contribution in [0.25, 0.3) is 0 Å². The second-order valence-electron chi connectivity index (χ2n) is 4.77. The molecular formula is C15H14Cl2N2O2. The quantitative estimate of drug-likeness (QED) is 0.606. The van der Waals surface area contributed by atoms with Gasteiger partial charge in [-0.3, -0.25) is 10.1 Å². The summed E-state index contributed by atoms with van der Waals surface area (Å²) in [7, 11) is 0. The highest BCUT2D eigenvalue weighted by molar-refractivity contribution is 6.42. The van der Waals surface area contributed by atoms with E-state index in [-0.39, 0.29) is 11.7 Å². The highest BCUT2D eigenvalue weighted by Gasteiger charge is 2.14. The first-order valence-electron chi connectivity index (χ1n) is 6.35. The average Bonchev–Trinajstić information content (AvgIpc) is 2.43. The van der Waals surface area contributed by atoms with Gasteiger partial charge in [0.2, 0.25) is 0 Å². The Morgan fingerprint density at radius 2 is 1.95 bits per heavy atom. The molecule has 0 aromatic heterocycles. The van der Waals surface area contributed by atoms with Crippen molar-refractivity contribution in [2.45, 2.75) is 19.9 Å². The first-order valence-corrected chi connectivity index (χ1v) is 7.11. The summed E-state index contributed by atoms with van der Waals surface area (Å²) in [4.78, 5) is 10.4. The number of aryl methyl sites for hydroxylation is 1. The van der Waals surface area contributed by atoms with Crippen molar-refractivity contribution in [3.05, 3.63) is 67.7 Å². The van der Waals surface area contributed by atoms with E-state index in [1.165, 1.54) is 12.1 Å². The Hall–Kier alpha value is -1.78. The minimum Gasteiger partial charge on any atom is -0.378 e. The topological polar surface area (TPSA) is 55.2 Å². The first-order chi connectivity index (χ1) is 9.90. The fraction of sp³-hybridized carbons (Fsp3) is 0.200. The Kier molecular flexibility index (Phi) is 4.70. The zero-order chi connectivity index (χ0) is 15.6. The molecule has 21 heavy (non-hydrogen) atoms. The SMILES string of the molecule is Cc1ccc([N+](=O)[O-])cc1NC(C)c1cccc(Cl)c1Cl. The molecule has 0 bridgehead atoms. The predicted molar refractivity (Wildman–Crippen MR) is 86.3 cm³/mol. The van der Waals surface area contributed by atoms with E-state index < -0.39 is 4.92 Å². The molecule has 0 aliphatic heterocycles. The van der Waals surface area contributed by atoms with Crippen LogP contribution in [0, 0.1) is 17.0 Å². The standard InChI is InChI=1S/C15H14Cl2N2O2/c1-9-6-7-11(19(20)21)8-14(9)18-10(2)12-4-3-5-13(16)15(12)17/h3-8,10,18H,1-2H3. The van der Waals surface area contributed by atoms with Crippen LogP contribution in [0.4, 0.5) is 11.4 Å². The summed E-state index contributed by atoms with van der Waals surface area (Å²) in [5.74, 6) is 0. The molecule has 2 rings (SSSR count). The lowest BCUT2D eigenvalue weighted by Crippen LogP contribution is -2.08. The third-order valence-electron chi connectivity index (χ3n) is 3.25. The molecule has 0 heterocycles. The number of rotatable bonds is 4. The molecule has 0 fully saturated rings. The third kappa shape index (κ3) is 3.46. The van der Waals surface area contributed by atoms with E-state index in [0.717, 1.165) is 11.1 Å². The van der Waals surface area contributed by atoms with Crippen molar-refractivity contribution in [3.63, 3.8) is 0 Å². The molecule has 0 saturated heterocycles. The van der Waals surface area contributed by atoms with Gasteiger partial charge in [-0.2, -0.15) is 0 Å². The van der Waals surface area contributed by atoms with Gasteiger partial charge in [0.15, 0.2) is 0 Å². The number of nitrogens with zero attached hydrogens (tertiary/aromatic N) is 1. The van der Waals surface area contributed by atoms with Gasteiger partial charge >= 0.3 is 0 Å². The van der Waals surface area contributed by atoms with Gasteiger partial charge in [-0.05, 0) is 31.0 Å². The van der Waals surface area contributed by atoms with E-state index in [1.807, 2.05) is 26.0 Å². The maximum absolute atomic E-state index is 10.9. The average molecular weight is 325 g/mol. The van der Waals surface area contributed by atoms with E-state index in [0.29, 0.717) is 15.7 Å². The minimum atomic E-state index is -0.415. The van der Waals surface area contributed by atoms with Gasteiger partial charge in [0.05, 0.1) is 21.0 Å². The van der Waals surface area contributed by atoms with Gasteiger partial charge in [0.25, 0.3) is 5.69 Å². The largest absolute Gasteiger partial charge is 0.378 e. The predicted octanol–water partition coefficient (Wildman–Crippen LogP) is 5.38. The van der Waals surface area contributed by atoms with Gasteiger partial charge < -0.3 is 5.32 Å². The van der Waals surface area contributed by atoms with Crippen molar-refractivity contribution in [2.75, 3.05) is 5.32 Å². The van der Waals surface area contributed by atoms with E-state index in [4.69, 9.17) is 23.2 Å². The van der Waals surface area contributed by atoms with Crippen LogP contribution >= 0.6 is 23.2 Å². The normalized spacial score (nSPS) is 12.0. The van der Waals surface area contributed by atoms with Gasteiger partial charge in [-0.15, -0.1) is 0 Å². The van der Waals surface area contributed by atoms with Crippen molar-refractivity contribution in [2.24, 2.45) is 0 Å². The zero-order valence-electron chi connectivity index (χ0n) is 11.6. The van der Waals surface area contributed by atoms with E-state index in [1.54, 1.807) is 12.1 Å². The molecule has 6 heteroatoms. The number of hydrogen-bond donors (Lipinski definition) is 1. The van der Waals surface area contributed by atoms with Gasteiger partial charge in [0, 0.05) is 17.8 Å². The Morgan fingerprint density at radius 1 is 1.24 bits per heavy atom. The Morgan fingerprint density at radius 3 is 2.62 bits per heavy atom. The molecule has 0 saturated carbocycles. The molecule has 2 aromatic carbocycles. The van der Waals surface area contributed by atoms with Crippen molar-refractivity contribution in [1.82, 2.24) is 0 Å². The summed E-state index contributed by atoms with van der Waals surface area (Å²) in [5.41, 5.74) is 2.51. The molecule has 110 valence electrons. The molecule has 2 aromatic rings. The van der Waals surface area contributed by atoms with E-state index >= 15 is 0 Å². The molecule has 0 amide bonds. The smallest absolute Gasteiger partial charge is 0.271 e. The highest BCUT2D eigenvalue weighted by Crippen LogP contribution is 2.32. The maximum atomic E-state index is 10.9. The molecule has 0 radical (unpaired) electrons. The number of nitro benzene ring substituents is 1. The number of nitro groups is 1. The monoisotopic (exact) mass is 324 g/mol. The number of benzene rings is 2. The van der Waals surface area contributed by atoms with Crippen LogP contribution in [0.15, 0.2) is 36.4 Å². The first kappa shape index (κ1) is 15.6. The molecule has 1 atom stereocenters. The summed E-state index contributed by atoms with van der Waals surface area (Å²) >= 11 is 12.2. The summed E-state index contributed by atoms with van der Waals surface area (Å²) in [6.45, 7) is 3.81. The number of hydrogen-bond acceptors (Lipinski definition) is 3. The second-order valence-corrected chi connectivity index (χ2v) is 5.55. The van der Waals surface area contributed by atoms with Crippen molar-refractivity contribution < 1.29 is 4.92 Å². The summed E-state index contributed by atoms with van der Waals surface area (Å²) in [5, 5.41) is 15.1. The lowest BCUT2D eigenvalue weighted by Gasteiger charge is -2.19. The minimum absolute atomic E-state index is 0.0486. The molecule has 4 nitrogen and oxygen atoms in total. The van der Waals surface area contributed by atoms with Gasteiger partial charge in [0.1, 0.15) is 0 Å². The van der Waals surface area contributed by atoms with Crippen LogP contribution in [0.2, 0.25) is 10.0 Å². The molecule has 0 aliphatic rings. The molecule has 0 aliphatic carbocycles. The van der Waals surface area contributed by atoms with Crippen molar-refractivity contribution >= 4 is 34.6 Å². The Balaban J connectivity index is 2.31. The van der Waals surface area contributed by atoms with Crippen LogP contribution in [-0.2, 0) is 0 Å². The number of anilines is 1. The van der Waals surface area contributed by atoms with E-state index in [2.05, 4.69) is 5.32 Å². The lowest BCUT2D eigenvalue weighted by molar-refractivity contribution is -0.384. The van der Waals surface area contributed by atoms with Crippen molar-refractivity contribution in [3.8, 4) is 0 Å². The number of nitrogens with one attached hydrogen (secondary N) is 1. The maximum Gasteiger partial charge on any atom is 0.271 e. The third-order valence-corrected chi connectivity index (χ3v) is 4.09. The highest BCUT2D eigenvalue weighted by atomic mass is 35.5. The molecular weight excluding hydrogens is 311 g/mol. The molecule has 1 unspecified atom stereocenters. The summed E-state index contributed by atoms with van der Waals surface area (Å²) in [6.07, 6.45) is 0. The fourth-order valence-electron chi connectivity index (χ4n) is 2.04. The lowest BCUT2D eigenvalue weighted by atomic mass is 10.1. The Bertz CT molecular complexity index is 689. The van der Waals surface area contributed by atoms with Crippen LogP contribution in [0.5, 0.6) is 0 Å². The summed E-state index contributed by atoms with van der Waals surface area (Å²) < 4.78 is 0. The van der Waals surface area contributed by atoms with Crippen molar-refractivity contribution in [1.29, 1.82) is 0 Å². The van der Waals surface area contributed by atoms with E-state index in [9.17, 15) is 10.1 Å². The van der Waals surface area contributed by atoms with Crippen LogP contribution in [0.3, 0.4) is 0 Å². The molecule has 0 spiro atoms. The number of halogens is 2. The number of non-ortho nitro benzene ring substituents is 1.